The highest BCUT2D eigenvalue weighted by molar-refractivity contribution is 5.56. The Kier molecular flexibility index (Phi) is 3.56. The van der Waals surface area contributed by atoms with Crippen molar-refractivity contribution in [2.75, 3.05) is 5.32 Å². The highest BCUT2D eigenvalue weighted by Gasteiger charge is 2.06. The summed E-state index contributed by atoms with van der Waals surface area (Å²) in [6.45, 7) is 0.600. The molecule has 2 aromatic heterocycles. The van der Waals surface area contributed by atoms with E-state index in [1.54, 1.807) is 23.3 Å². The number of aromatic nitrogens is 4. The summed E-state index contributed by atoms with van der Waals surface area (Å²) in [7, 11) is 0. The summed E-state index contributed by atoms with van der Waals surface area (Å²) in [6.07, 6.45) is 4.77. The van der Waals surface area contributed by atoms with E-state index in [1.165, 1.54) is 6.33 Å². The molecule has 3 rings (SSSR count). The van der Waals surface area contributed by atoms with Gasteiger partial charge in [0, 0.05) is 12.7 Å². The van der Waals surface area contributed by atoms with Gasteiger partial charge in [0.25, 0.3) is 0 Å². The standard InChI is InChI=1S/C15H12N6/c16-8-12-3-1-4-13(7-12)9-19-14-5-2-6-18-15(14)21-11-17-10-20-21/h1-7,10-11,19H,9H2. The Hall–Kier alpha value is -3.20. The highest BCUT2D eigenvalue weighted by Crippen LogP contribution is 2.17. The molecule has 0 aliphatic heterocycles. The van der Waals surface area contributed by atoms with E-state index in [2.05, 4.69) is 26.5 Å². The number of nitrogens with one attached hydrogen (secondary N) is 1. The predicted octanol–water partition coefficient (Wildman–Crippen LogP) is 2.15. The van der Waals surface area contributed by atoms with Gasteiger partial charge in [-0.25, -0.2) is 14.6 Å². The summed E-state index contributed by atoms with van der Waals surface area (Å²) in [4.78, 5) is 8.24. The lowest BCUT2D eigenvalue weighted by Crippen LogP contribution is -2.06. The van der Waals surface area contributed by atoms with Crippen molar-refractivity contribution in [2.45, 2.75) is 6.54 Å². The van der Waals surface area contributed by atoms with E-state index in [9.17, 15) is 0 Å². The molecule has 3 aromatic rings. The van der Waals surface area contributed by atoms with Crippen molar-refractivity contribution in [2.24, 2.45) is 0 Å². The monoisotopic (exact) mass is 276 g/mol. The topological polar surface area (TPSA) is 79.4 Å². The van der Waals surface area contributed by atoms with Gasteiger partial charge < -0.3 is 5.32 Å². The fraction of sp³-hybridized carbons (Fsp3) is 0.0667. The number of hydrogen-bond donors (Lipinski definition) is 1. The quantitative estimate of drug-likeness (QED) is 0.789. The van der Waals surface area contributed by atoms with Crippen LogP contribution in [0, 0.1) is 11.3 Å². The molecule has 0 unspecified atom stereocenters. The predicted molar refractivity (Wildman–Crippen MR) is 77.6 cm³/mol. The molecule has 0 fully saturated rings. The van der Waals surface area contributed by atoms with Crippen LogP contribution in [-0.4, -0.2) is 19.7 Å². The molecule has 6 nitrogen and oxygen atoms in total. The van der Waals surface area contributed by atoms with E-state index in [-0.39, 0.29) is 0 Å². The van der Waals surface area contributed by atoms with Crippen LogP contribution in [0.25, 0.3) is 5.82 Å². The molecule has 2 heterocycles. The van der Waals surface area contributed by atoms with Crippen LogP contribution < -0.4 is 5.32 Å². The molecule has 21 heavy (non-hydrogen) atoms. The number of nitrogens with zero attached hydrogens (tertiary/aromatic N) is 5. The fourth-order valence-electron chi connectivity index (χ4n) is 1.98. The minimum Gasteiger partial charge on any atom is -0.378 e. The molecule has 0 aliphatic carbocycles. The third-order valence-electron chi connectivity index (χ3n) is 2.96. The molecule has 0 aliphatic rings. The van der Waals surface area contributed by atoms with Gasteiger partial charge in [-0.1, -0.05) is 12.1 Å². The molecule has 0 amide bonds. The van der Waals surface area contributed by atoms with Crippen LogP contribution in [0.4, 0.5) is 5.69 Å². The smallest absolute Gasteiger partial charge is 0.178 e. The Labute approximate surface area is 121 Å². The first-order valence-corrected chi connectivity index (χ1v) is 6.40. The summed E-state index contributed by atoms with van der Waals surface area (Å²) in [5.41, 5.74) is 2.53. The lowest BCUT2D eigenvalue weighted by atomic mass is 10.1. The van der Waals surface area contributed by atoms with Gasteiger partial charge in [-0.3, -0.25) is 0 Å². The third-order valence-corrected chi connectivity index (χ3v) is 2.96. The van der Waals surface area contributed by atoms with Gasteiger partial charge in [0.15, 0.2) is 5.82 Å². The van der Waals surface area contributed by atoms with Gasteiger partial charge in [0.05, 0.1) is 17.3 Å². The maximum atomic E-state index is 8.92. The van der Waals surface area contributed by atoms with Crippen molar-refractivity contribution in [3.63, 3.8) is 0 Å². The van der Waals surface area contributed by atoms with Crippen LogP contribution in [0.5, 0.6) is 0 Å². The van der Waals surface area contributed by atoms with Crippen molar-refractivity contribution < 1.29 is 0 Å². The van der Waals surface area contributed by atoms with E-state index in [4.69, 9.17) is 5.26 Å². The molecule has 102 valence electrons. The molecule has 0 atom stereocenters. The Balaban J connectivity index is 1.81. The summed E-state index contributed by atoms with van der Waals surface area (Å²) >= 11 is 0. The van der Waals surface area contributed by atoms with Gasteiger partial charge >= 0.3 is 0 Å². The van der Waals surface area contributed by atoms with Crippen LogP contribution in [0.15, 0.2) is 55.2 Å². The minimum absolute atomic E-state index is 0.600. The Morgan fingerprint density at radius 2 is 2.19 bits per heavy atom. The largest absolute Gasteiger partial charge is 0.378 e. The van der Waals surface area contributed by atoms with Crippen LogP contribution >= 0.6 is 0 Å². The highest BCUT2D eigenvalue weighted by atomic mass is 15.3. The Bertz CT molecular complexity index is 773. The molecule has 0 saturated carbocycles. The second-order valence-electron chi connectivity index (χ2n) is 4.38. The number of pyridine rings is 1. The van der Waals surface area contributed by atoms with Crippen molar-refractivity contribution in [1.29, 1.82) is 5.26 Å². The molecule has 0 bridgehead atoms. The third kappa shape index (κ3) is 2.87. The van der Waals surface area contributed by atoms with Crippen molar-refractivity contribution in [1.82, 2.24) is 19.7 Å². The zero-order chi connectivity index (χ0) is 14.5. The van der Waals surface area contributed by atoms with Crippen LogP contribution in [0.2, 0.25) is 0 Å². The minimum atomic E-state index is 0.600. The summed E-state index contributed by atoms with van der Waals surface area (Å²) in [6, 6.07) is 13.4. The van der Waals surface area contributed by atoms with E-state index in [0.717, 1.165) is 11.3 Å². The number of rotatable bonds is 4. The van der Waals surface area contributed by atoms with E-state index >= 15 is 0 Å². The first-order chi connectivity index (χ1) is 10.4. The first kappa shape index (κ1) is 12.8. The van der Waals surface area contributed by atoms with Gasteiger partial charge in [0.2, 0.25) is 0 Å². The second-order valence-corrected chi connectivity index (χ2v) is 4.38. The van der Waals surface area contributed by atoms with E-state index < -0.39 is 0 Å². The van der Waals surface area contributed by atoms with Gasteiger partial charge in [-0.05, 0) is 29.8 Å². The average molecular weight is 276 g/mol. The number of hydrogen-bond acceptors (Lipinski definition) is 5. The summed E-state index contributed by atoms with van der Waals surface area (Å²) in [5.74, 6) is 0.687. The van der Waals surface area contributed by atoms with Crippen LogP contribution in [0.1, 0.15) is 11.1 Å². The maximum absolute atomic E-state index is 8.92. The maximum Gasteiger partial charge on any atom is 0.178 e. The fourth-order valence-corrected chi connectivity index (χ4v) is 1.98. The molecule has 1 N–H and O–H groups in total. The number of nitriles is 1. The number of benzene rings is 1. The Morgan fingerprint density at radius 1 is 1.24 bits per heavy atom. The van der Waals surface area contributed by atoms with E-state index in [0.29, 0.717) is 17.9 Å². The second kappa shape index (κ2) is 5.84. The number of anilines is 1. The van der Waals surface area contributed by atoms with Crippen LogP contribution in [0.3, 0.4) is 0 Å². The lowest BCUT2D eigenvalue weighted by molar-refractivity contribution is 0.844. The SMILES string of the molecule is N#Cc1cccc(CNc2cccnc2-n2cncn2)c1. The molecule has 6 heteroatoms. The molecule has 0 saturated heterocycles. The van der Waals surface area contributed by atoms with Gasteiger partial charge in [-0.15, -0.1) is 0 Å². The summed E-state index contributed by atoms with van der Waals surface area (Å²) in [5, 5.41) is 16.3. The zero-order valence-corrected chi connectivity index (χ0v) is 11.1. The average Bonchev–Trinajstić information content (AvgIpc) is 3.08. The van der Waals surface area contributed by atoms with Gasteiger partial charge in [-0.2, -0.15) is 10.4 Å². The molecule has 0 spiro atoms. The van der Waals surface area contributed by atoms with Crippen molar-refractivity contribution in [3.8, 4) is 11.9 Å². The van der Waals surface area contributed by atoms with Crippen molar-refractivity contribution >= 4 is 5.69 Å². The molecule has 0 radical (unpaired) electrons. The molecular weight excluding hydrogens is 264 g/mol. The lowest BCUT2D eigenvalue weighted by Gasteiger charge is -2.10. The van der Waals surface area contributed by atoms with E-state index in [1.807, 2.05) is 30.3 Å². The first-order valence-electron chi connectivity index (χ1n) is 6.40. The zero-order valence-electron chi connectivity index (χ0n) is 11.1. The molecule has 1 aromatic carbocycles. The normalized spacial score (nSPS) is 10.0. The van der Waals surface area contributed by atoms with Gasteiger partial charge in [0.1, 0.15) is 12.7 Å². The van der Waals surface area contributed by atoms with Crippen molar-refractivity contribution in [3.05, 3.63) is 66.4 Å². The Morgan fingerprint density at radius 3 is 3.00 bits per heavy atom. The summed E-state index contributed by atoms with van der Waals surface area (Å²) < 4.78 is 1.61. The van der Waals surface area contributed by atoms with Crippen LogP contribution in [-0.2, 0) is 6.54 Å². The molecular formula is C15H12N6.